The molecule has 1 aliphatic rings. The predicted molar refractivity (Wildman–Crippen MR) is 237 cm³/mol. The summed E-state index contributed by atoms with van der Waals surface area (Å²) in [5, 5.41) is 6.81. The molecule has 0 amide bonds. The van der Waals surface area contributed by atoms with E-state index in [0.29, 0.717) is 17.5 Å². The Morgan fingerprint density at radius 2 is 0.983 bits per heavy atom. The molecule has 0 aliphatic heterocycles. The Hall–Kier alpha value is -7.69. The largest absolute Gasteiger partial charge is 0.455 e. The van der Waals surface area contributed by atoms with Gasteiger partial charge in [0.05, 0.1) is 0 Å². The second-order valence-corrected chi connectivity index (χ2v) is 15.1. The minimum atomic E-state index is 0.0288. The van der Waals surface area contributed by atoms with Gasteiger partial charge in [0.2, 0.25) is 0 Å². The van der Waals surface area contributed by atoms with Gasteiger partial charge in [-0.25, -0.2) is 15.0 Å². The van der Waals surface area contributed by atoms with Crippen LogP contribution in [0.25, 0.3) is 99.9 Å². The van der Waals surface area contributed by atoms with Gasteiger partial charge in [0.1, 0.15) is 11.2 Å². The molecule has 2 heterocycles. The molecule has 2 aromatic heterocycles. The second-order valence-electron chi connectivity index (χ2n) is 15.1. The molecule has 270 valence electrons. The smallest absolute Gasteiger partial charge is 0.164 e. The highest BCUT2D eigenvalue weighted by atomic mass is 16.3. The standard InChI is InChI=1S/C54H33N3O/c1-3-15-34(16-4-1)44-31-40(49-42-23-12-11-22-41(42)45-29-37-20-9-10-21-38(37)30-46(45)49)32-47-50-43(24-13-25-48(50)58-51(44)47)54-56-52(35-17-5-2-6-18-35)55-53(57-54)39-27-26-33-14-7-8-19-36(33)28-39/h1-32,49H. The first-order valence-corrected chi connectivity index (χ1v) is 19.7. The van der Waals surface area contributed by atoms with Crippen LogP contribution in [0.5, 0.6) is 0 Å². The van der Waals surface area contributed by atoms with Crippen LogP contribution in [0, 0.1) is 0 Å². The number of hydrogen-bond donors (Lipinski definition) is 0. The van der Waals surface area contributed by atoms with E-state index in [1.807, 2.05) is 24.3 Å². The zero-order valence-electron chi connectivity index (χ0n) is 31.3. The van der Waals surface area contributed by atoms with Gasteiger partial charge >= 0.3 is 0 Å². The van der Waals surface area contributed by atoms with Crippen LogP contribution < -0.4 is 0 Å². The number of furan rings is 1. The van der Waals surface area contributed by atoms with Gasteiger partial charge in [-0.1, -0.05) is 158 Å². The molecule has 0 fully saturated rings. The van der Waals surface area contributed by atoms with Crippen LogP contribution in [0.1, 0.15) is 22.6 Å². The molecule has 0 saturated heterocycles. The third-order valence-corrected chi connectivity index (χ3v) is 11.7. The SMILES string of the molecule is c1ccc(-c2nc(-c3ccc4ccccc4c3)nc(-c3cccc4oc5c(-c6ccccc6)cc(C6c7ccccc7-c7cc8ccccc8cc76)cc5c34)n2)cc1. The molecule has 4 nitrogen and oxygen atoms in total. The molecular weight excluding hydrogens is 707 g/mol. The lowest BCUT2D eigenvalue weighted by molar-refractivity contribution is 0.670. The van der Waals surface area contributed by atoms with Gasteiger partial charge in [-0.05, 0) is 91.3 Å². The molecule has 58 heavy (non-hydrogen) atoms. The number of rotatable bonds is 5. The highest BCUT2D eigenvalue weighted by Crippen LogP contribution is 2.51. The van der Waals surface area contributed by atoms with Crippen LogP contribution in [0.2, 0.25) is 0 Å². The average Bonchev–Trinajstić information content (AvgIpc) is 3.83. The van der Waals surface area contributed by atoms with Crippen molar-refractivity contribution in [2.24, 2.45) is 0 Å². The van der Waals surface area contributed by atoms with Crippen LogP contribution >= 0.6 is 0 Å². The number of nitrogens with zero attached hydrogens (tertiary/aromatic N) is 3. The van der Waals surface area contributed by atoms with E-state index in [9.17, 15) is 0 Å². The maximum atomic E-state index is 6.92. The Labute approximate surface area is 334 Å². The Balaban J connectivity index is 1.13. The Bertz CT molecular complexity index is 3410. The normalized spacial score (nSPS) is 13.3. The van der Waals surface area contributed by atoms with Crippen LogP contribution in [0.15, 0.2) is 199 Å². The van der Waals surface area contributed by atoms with Crippen LogP contribution in [0.3, 0.4) is 0 Å². The molecule has 0 N–H and O–H groups in total. The van der Waals surface area contributed by atoms with Crippen molar-refractivity contribution in [1.29, 1.82) is 0 Å². The van der Waals surface area contributed by atoms with Gasteiger partial charge in [0.25, 0.3) is 0 Å². The van der Waals surface area contributed by atoms with Gasteiger partial charge in [-0.2, -0.15) is 0 Å². The quantitative estimate of drug-likeness (QED) is 0.176. The van der Waals surface area contributed by atoms with E-state index in [-0.39, 0.29) is 5.92 Å². The summed E-state index contributed by atoms with van der Waals surface area (Å²) in [5.74, 6) is 1.87. The van der Waals surface area contributed by atoms with E-state index in [1.165, 1.54) is 44.0 Å². The molecule has 12 rings (SSSR count). The van der Waals surface area contributed by atoms with E-state index in [2.05, 4.69) is 170 Å². The minimum Gasteiger partial charge on any atom is -0.455 e. The second kappa shape index (κ2) is 12.9. The van der Waals surface area contributed by atoms with E-state index in [4.69, 9.17) is 19.4 Å². The average molecular weight is 740 g/mol. The van der Waals surface area contributed by atoms with Crippen molar-refractivity contribution < 1.29 is 4.42 Å². The molecule has 4 heteroatoms. The molecule has 9 aromatic carbocycles. The van der Waals surface area contributed by atoms with Crippen LogP contribution in [-0.2, 0) is 0 Å². The number of fused-ring (bicyclic) bond motifs is 8. The van der Waals surface area contributed by atoms with E-state index >= 15 is 0 Å². The minimum absolute atomic E-state index is 0.0288. The van der Waals surface area contributed by atoms with E-state index in [1.54, 1.807) is 0 Å². The number of hydrogen-bond acceptors (Lipinski definition) is 4. The molecule has 0 saturated carbocycles. The molecule has 0 bridgehead atoms. The summed E-state index contributed by atoms with van der Waals surface area (Å²) in [7, 11) is 0. The van der Waals surface area contributed by atoms with Gasteiger partial charge in [0.15, 0.2) is 17.5 Å². The summed E-state index contributed by atoms with van der Waals surface area (Å²) in [6, 6.07) is 68.8. The zero-order valence-corrected chi connectivity index (χ0v) is 31.3. The summed E-state index contributed by atoms with van der Waals surface area (Å²) < 4.78 is 6.92. The van der Waals surface area contributed by atoms with Crippen molar-refractivity contribution in [2.45, 2.75) is 5.92 Å². The van der Waals surface area contributed by atoms with Crippen LogP contribution in [0.4, 0.5) is 0 Å². The van der Waals surface area contributed by atoms with Gasteiger partial charge in [0, 0.05) is 38.9 Å². The van der Waals surface area contributed by atoms with Crippen LogP contribution in [-0.4, -0.2) is 15.0 Å². The Morgan fingerprint density at radius 1 is 0.362 bits per heavy atom. The lowest BCUT2D eigenvalue weighted by Crippen LogP contribution is -2.01. The van der Waals surface area contributed by atoms with E-state index in [0.717, 1.165) is 55.1 Å². The lowest BCUT2D eigenvalue weighted by atomic mass is 9.85. The molecule has 0 radical (unpaired) electrons. The van der Waals surface area contributed by atoms with Crippen molar-refractivity contribution in [2.75, 3.05) is 0 Å². The Morgan fingerprint density at radius 3 is 1.78 bits per heavy atom. The van der Waals surface area contributed by atoms with Crippen molar-refractivity contribution in [3.8, 4) is 56.4 Å². The molecule has 1 unspecified atom stereocenters. The first-order chi connectivity index (χ1) is 28.7. The Kier molecular flexibility index (Phi) is 7.26. The molecule has 1 atom stereocenters. The fraction of sp³-hybridized carbons (Fsp3) is 0.0185. The van der Waals surface area contributed by atoms with Crippen molar-refractivity contribution in [3.05, 3.63) is 211 Å². The maximum Gasteiger partial charge on any atom is 0.164 e. The fourth-order valence-electron chi connectivity index (χ4n) is 9.06. The maximum absolute atomic E-state index is 6.92. The third kappa shape index (κ3) is 5.19. The van der Waals surface area contributed by atoms with Gasteiger partial charge < -0.3 is 4.42 Å². The lowest BCUT2D eigenvalue weighted by Gasteiger charge is -2.17. The summed E-state index contributed by atoms with van der Waals surface area (Å²) in [6.07, 6.45) is 0. The third-order valence-electron chi connectivity index (χ3n) is 11.7. The molecule has 0 spiro atoms. The highest BCUT2D eigenvalue weighted by Gasteiger charge is 2.32. The zero-order chi connectivity index (χ0) is 38.2. The first kappa shape index (κ1) is 32.5. The summed E-state index contributed by atoms with van der Waals surface area (Å²) in [6.45, 7) is 0. The van der Waals surface area contributed by atoms with Crippen molar-refractivity contribution in [1.82, 2.24) is 15.0 Å². The summed E-state index contributed by atoms with van der Waals surface area (Å²) >= 11 is 0. The summed E-state index contributed by atoms with van der Waals surface area (Å²) in [4.78, 5) is 15.5. The van der Waals surface area contributed by atoms with Crippen molar-refractivity contribution in [3.63, 3.8) is 0 Å². The monoisotopic (exact) mass is 739 g/mol. The van der Waals surface area contributed by atoms with Crippen molar-refractivity contribution >= 4 is 43.5 Å². The predicted octanol–water partition coefficient (Wildman–Crippen LogP) is 13.9. The number of benzene rings is 9. The van der Waals surface area contributed by atoms with Gasteiger partial charge in [-0.3, -0.25) is 0 Å². The first-order valence-electron chi connectivity index (χ1n) is 19.7. The van der Waals surface area contributed by atoms with Gasteiger partial charge in [-0.15, -0.1) is 0 Å². The molecular formula is C54H33N3O. The van der Waals surface area contributed by atoms with E-state index < -0.39 is 0 Å². The topological polar surface area (TPSA) is 51.8 Å². The highest BCUT2D eigenvalue weighted by molar-refractivity contribution is 6.15. The number of aromatic nitrogens is 3. The molecule has 1 aliphatic carbocycles. The molecule has 11 aromatic rings. The fourth-order valence-corrected chi connectivity index (χ4v) is 9.06. The summed E-state index contributed by atoms with van der Waals surface area (Å²) in [5.41, 5.74) is 13.0.